The van der Waals surface area contributed by atoms with Crippen molar-refractivity contribution < 1.29 is 4.79 Å². The Morgan fingerprint density at radius 2 is 1.82 bits per heavy atom. The highest BCUT2D eigenvalue weighted by Crippen LogP contribution is 2.41. The minimum atomic E-state index is 0. The van der Waals surface area contributed by atoms with Crippen LogP contribution in [0, 0.1) is 0 Å². The third kappa shape index (κ3) is 5.82. The summed E-state index contributed by atoms with van der Waals surface area (Å²) in [7, 11) is 1.86. The maximum atomic E-state index is 12.0. The van der Waals surface area contributed by atoms with Gasteiger partial charge in [0.2, 0.25) is 5.91 Å². The molecule has 28 heavy (non-hydrogen) atoms. The van der Waals surface area contributed by atoms with Crippen LogP contribution in [-0.4, -0.2) is 73.5 Å². The normalized spacial score (nSPS) is 25.1. The number of aliphatic imine (C=N–C) groups is 1. The molecule has 1 aromatic carbocycles. The lowest BCUT2D eigenvalue weighted by Gasteiger charge is -2.36. The molecule has 1 aliphatic heterocycles. The predicted molar refractivity (Wildman–Crippen MR) is 126 cm³/mol. The van der Waals surface area contributed by atoms with E-state index in [2.05, 4.69) is 65.6 Å². The Labute approximate surface area is 192 Å². The van der Waals surface area contributed by atoms with Crippen LogP contribution in [0.3, 0.4) is 0 Å². The molecular formula is C20H29BrIN5O. The molecule has 4 rings (SSSR count). The number of amides is 1. The van der Waals surface area contributed by atoms with Crippen molar-refractivity contribution >= 4 is 51.8 Å². The number of nitrogens with zero attached hydrogens (tertiary/aromatic N) is 3. The van der Waals surface area contributed by atoms with Crippen LogP contribution in [-0.2, 0) is 4.79 Å². The molecule has 6 nitrogen and oxygen atoms in total. The van der Waals surface area contributed by atoms with Crippen LogP contribution in [0.2, 0.25) is 0 Å². The maximum absolute atomic E-state index is 12.0. The van der Waals surface area contributed by atoms with E-state index in [0.717, 1.165) is 55.9 Å². The second kappa shape index (κ2) is 9.75. The molecule has 2 atom stereocenters. The summed E-state index contributed by atoms with van der Waals surface area (Å²) in [6, 6.07) is 9.53. The standard InChI is InChI=1S/C20H28BrN5O.HI/c1-22-20(24-18-12-17(18)14-2-4-15(21)5-3-14)26-10-8-25(9-11-26)13-19(27)23-16-6-7-16;/h2-5,16-18H,6-13H2,1H3,(H,22,24)(H,23,27);1H. The van der Waals surface area contributed by atoms with Crippen molar-refractivity contribution in [3.63, 3.8) is 0 Å². The van der Waals surface area contributed by atoms with E-state index in [1.54, 1.807) is 0 Å². The van der Waals surface area contributed by atoms with Gasteiger partial charge in [0.1, 0.15) is 0 Å². The quantitative estimate of drug-likeness (QED) is 0.329. The number of piperazine rings is 1. The summed E-state index contributed by atoms with van der Waals surface area (Å²) in [5.41, 5.74) is 1.39. The summed E-state index contributed by atoms with van der Waals surface area (Å²) < 4.78 is 1.12. The van der Waals surface area contributed by atoms with E-state index in [1.165, 1.54) is 5.56 Å². The van der Waals surface area contributed by atoms with E-state index in [9.17, 15) is 4.79 Å². The highest BCUT2D eigenvalue weighted by Gasteiger charge is 2.39. The molecule has 2 saturated carbocycles. The van der Waals surface area contributed by atoms with Crippen molar-refractivity contribution in [2.45, 2.75) is 37.3 Å². The fraction of sp³-hybridized carbons (Fsp3) is 0.600. The van der Waals surface area contributed by atoms with Gasteiger partial charge in [-0.1, -0.05) is 28.1 Å². The minimum absolute atomic E-state index is 0. The fourth-order valence-corrected chi connectivity index (χ4v) is 3.98. The second-order valence-electron chi connectivity index (χ2n) is 7.80. The van der Waals surface area contributed by atoms with Crippen LogP contribution < -0.4 is 10.6 Å². The molecule has 3 fully saturated rings. The van der Waals surface area contributed by atoms with Crippen molar-refractivity contribution in [1.29, 1.82) is 0 Å². The summed E-state index contributed by atoms with van der Waals surface area (Å²) >= 11 is 3.50. The van der Waals surface area contributed by atoms with E-state index < -0.39 is 0 Å². The first-order valence-electron chi connectivity index (χ1n) is 9.88. The summed E-state index contributed by atoms with van der Waals surface area (Å²) in [6.45, 7) is 4.14. The average molecular weight is 562 g/mol. The van der Waals surface area contributed by atoms with Gasteiger partial charge in [-0.3, -0.25) is 14.7 Å². The average Bonchev–Trinajstić information content (AvgIpc) is 3.58. The molecule has 2 aliphatic carbocycles. The number of hydrogen-bond donors (Lipinski definition) is 2. The van der Waals surface area contributed by atoms with E-state index >= 15 is 0 Å². The third-order valence-electron chi connectivity index (χ3n) is 5.60. The van der Waals surface area contributed by atoms with Crippen molar-refractivity contribution in [3.8, 4) is 0 Å². The van der Waals surface area contributed by atoms with E-state index in [4.69, 9.17) is 0 Å². The molecule has 0 spiro atoms. The maximum Gasteiger partial charge on any atom is 0.234 e. The van der Waals surface area contributed by atoms with Crippen LogP contribution >= 0.6 is 39.9 Å². The van der Waals surface area contributed by atoms with Gasteiger partial charge in [-0.15, -0.1) is 24.0 Å². The molecule has 0 bridgehead atoms. The molecule has 2 unspecified atom stereocenters. The molecule has 0 aromatic heterocycles. The molecule has 1 heterocycles. The van der Waals surface area contributed by atoms with Crippen molar-refractivity contribution in [3.05, 3.63) is 34.3 Å². The number of rotatable bonds is 5. The van der Waals surface area contributed by atoms with Gasteiger partial charge in [0.05, 0.1) is 6.54 Å². The van der Waals surface area contributed by atoms with Gasteiger partial charge in [-0.05, 0) is 37.0 Å². The first-order valence-corrected chi connectivity index (χ1v) is 10.7. The summed E-state index contributed by atoms with van der Waals surface area (Å²) in [4.78, 5) is 21.0. The molecule has 8 heteroatoms. The topological polar surface area (TPSA) is 60.0 Å². The number of benzene rings is 1. The molecule has 1 amide bonds. The number of guanidine groups is 1. The molecule has 2 N–H and O–H groups in total. The number of hydrogen-bond acceptors (Lipinski definition) is 3. The summed E-state index contributed by atoms with van der Waals surface area (Å²) in [6.07, 6.45) is 3.44. The van der Waals surface area contributed by atoms with Crippen molar-refractivity contribution in [2.75, 3.05) is 39.8 Å². The monoisotopic (exact) mass is 561 g/mol. The zero-order chi connectivity index (χ0) is 18.8. The van der Waals surface area contributed by atoms with Crippen LogP contribution in [0.1, 0.15) is 30.7 Å². The largest absolute Gasteiger partial charge is 0.353 e. The number of carbonyl (C=O) groups is 1. The van der Waals surface area contributed by atoms with Gasteiger partial charge >= 0.3 is 0 Å². The highest BCUT2D eigenvalue weighted by molar-refractivity contribution is 14.0. The Morgan fingerprint density at radius 1 is 1.14 bits per heavy atom. The van der Waals surface area contributed by atoms with Crippen LogP contribution in [0.5, 0.6) is 0 Å². The predicted octanol–water partition coefficient (Wildman–Crippen LogP) is 2.39. The number of nitrogens with one attached hydrogen (secondary N) is 2. The van der Waals surface area contributed by atoms with Crippen LogP contribution in [0.25, 0.3) is 0 Å². The molecule has 0 radical (unpaired) electrons. The zero-order valence-corrected chi connectivity index (χ0v) is 20.2. The first kappa shape index (κ1) is 21.8. The Morgan fingerprint density at radius 3 is 2.43 bits per heavy atom. The summed E-state index contributed by atoms with van der Waals surface area (Å²) in [5.74, 6) is 1.73. The van der Waals surface area contributed by atoms with Gasteiger partial charge in [-0.25, -0.2) is 0 Å². The lowest BCUT2D eigenvalue weighted by atomic mass is 10.1. The van der Waals surface area contributed by atoms with Crippen LogP contribution in [0.4, 0.5) is 0 Å². The Hall–Kier alpha value is -0.870. The smallest absolute Gasteiger partial charge is 0.234 e. The molecule has 1 aromatic rings. The third-order valence-corrected chi connectivity index (χ3v) is 6.13. The Kier molecular flexibility index (Phi) is 7.60. The molecular weight excluding hydrogens is 533 g/mol. The van der Waals surface area contributed by atoms with Gasteiger partial charge < -0.3 is 15.5 Å². The second-order valence-corrected chi connectivity index (χ2v) is 8.71. The Balaban J connectivity index is 0.00000225. The number of carbonyl (C=O) groups excluding carboxylic acids is 1. The summed E-state index contributed by atoms with van der Waals surface area (Å²) in [5, 5.41) is 6.70. The molecule has 1 saturated heterocycles. The zero-order valence-electron chi connectivity index (χ0n) is 16.2. The van der Waals surface area contributed by atoms with Crippen LogP contribution in [0.15, 0.2) is 33.7 Å². The number of halogens is 2. The van der Waals surface area contributed by atoms with Gasteiger partial charge in [0, 0.05) is 55.7 Å². The highest BCUT2D eigenvalue weighted by atomic mass is 127. The first-order chi connectivity index (χ1) is 13.1. The minimum Gasteiger partial charge on any atom is -0.353 e. The SMILES string of the molecule is CN=C(NC1CC1c1ccc(Br)cc1)N1CCN(CC(=O)NC2CC2)CC1.I. The van der Waals surface area contributed by atoms with Gasteiger partial charge in [0.15, 0.2) is 5.96 Å². The van der Waals surface area contributed by atoms with Crippen molar-refractivity contribution in [1.82, 2.24) is 20.4 Å². The molecule has 154 valence electrons. The van der Waals surface area contributed by atoms with E-state index in [0.29, 0.717) is 24.5 Å². The molecule has 3 aliphatic rings. The van der Waals surface area contributed by atoms with E-state index in [1.807, 2.05) is 7.05 Å². The van der Waals surface area contributed by atoms with Crippen molar-refractivity contribution in [2.24, 2.45) is 4.99 Å². The van der Waals surface area contributed by atoms with Gasteiger partial charge in [-0.2, -0.15) is 0 Å². The lowest BCUT2D eigenvalue weighted by Crippen LogP contribution is -2.54. The lowest BCUT2D eigenvalue weighted by molar-refractivity contribution is -0.122. The Bertz CT molecular complexity index is 701. The fourth-order valence-electron chi connectivity index (χ4n) is 3.72. The van der Waals surface area contributed by atoms with Gasteiger partial charge in [0.25, 0.3) is 0 Å². The van der Waals surface area contributed by atoms with E-state index in [-0.39, 0.29) is 29.9 Å².